The maximum absolute atomic E-state index is 10.3. The fourth-order valence-electron chi connectivity index (χ4n) is 2.25. The SMILES string of the molecule is CCCCCC(CC=C=CCCCCCCCC(=O)O)OO. The summed E-state index contributed by atoms with van der Waals surface area (Å²) < 4.78 is 0. The molecule has 2 N–H and O–H groups in total. The second-order valence-electron chi connectivity index (χ2n) is 5.73. The van der Waals surface area contributed by atoms with Gasteiger partial charge in [-0.2, -0.15) is 0 Å². The van der Waals surface area contributed by atoms with Crippen molar-refractivity contribution in [3.63, 3.8) is 0 Å². The lowest BCUT2D eigenvalue weighted by Gasteiger charge is -2.09. The Hall–Kier alpha value is -1.09. The standard InChI is InChI=1S/C18H32O4/c1-2-3-11-14-17(22-21)15-12-9-7-5-4-6-8-10-13-16-18(19)20/h7,12,17,21H,2-6,8,10-11,13-16H2,1H3,(H,19,20). The van der Waals surface area contributed by atoms with Gasteiger partial charge in [0.05, 0.1) is 6.10 Å². The molecule has 0 radical (unpaired) electrons. The maximum Gasteiger partial charge on any atom is 0.303 e. The van der Waals surface area contributed by atoms with Gasteiger partial charge in [0.1, 0.15) is 0 Å². The molecule has 0 amide bonds. The number of rotatable bonds is 15. The van der Waals surface area contributed by atoms with E-state index in [0.29, 0.717) is 6.42 Å². The first-order valence-corrected chi connectivity index (χ1v) is 8.62. The zero-order valence-electron chi connectivity index (χ0n) is 13.9. The smallest absolute Gasteiger partial charge is 0.303 e. The van der Waals surface area contributed by atoms with Gasteiger partial charge in [-0.25, -0.2) is 4.89 Å². The minimum Gasteiger partial charge on any atom is -0.481 e. The fraction of sp³-hybridized carbons (Fsp3) is 0.778. The maximum atomic E-state index is 10.3. The van der Waals surface area contributed by atoms with Crippen LogP contribution in [0.1, 0.15) is 84.0 Å². The van der Waals surface area contributed by atoms with Gasteiger partial charge < -0.3 is 5.11 Å². The van der Waals surface area contributed by atoms with Crippen LogP contribution in [0.15, 0.2) is 17.9 Å². The van der Waals surface area contributed by atoms with Crippen molar-refractivity contribution in [2.45, 2.75) is 90.1 Å². The summed E-state index contributed by atoms with van der Waals surface area (Å²) in [5, 5.41) is 17.3. The van der Waals surface area contributed by atoms with E-state index in [1.54, 1.807) is 0 Å². The predicted octanol–water partition coefficient (Wildman–Crippen LogP) is 5.34. The Balaban J connectivity index is 3.52. The molecule has 0 rings (SSSR count). The van der Waals surface area contributed by atoms with Crippen LogP contribution in [0.4, 0.5) is 0 Å². The molecule has 0 aromatic carbocycles. The van der Waals surface area contributed by atoms with Crippen LogP contribution in [0.2, 0.25) is 0 Å². The summed E-state index contributed by atoms with van der Waals surface area (Å²) in [6, 6.07) is 0. The van der Waals surface area contributed by atoms with E-state index in [-0.39, 0.29) is 12.5 Å². The molecule has 0 aliphatic rings. The Bertz CT molecular complexity index is 319. The molecule has 0 aliphatic carbocycles. The van der Waals surface area contributed by atoms with Crippen molar-refractivity contribution < 1.29 is 20.0 Å². The molecule has 1 unspecified atom stereocenters. The van der Waals surface area contributed by atoms with E-state index in [0.717, 1.165) is 51.4 Å². The van der Waals surface area contributed by atoms with E-state index in [2.05, 4.69) is 17.5 Å². The zero-order valence-corrected chi connectivity index (χ0v) is 13.9. The zero-order chi connectivity index (χ0) is 16.5. The molecule has 4 heteroatoms. The van der Waals surface area contributed by atoms with Gasteiger partial charge in [-0.1, -0.05) is 45.4 Å². The lowest BCUT2D eigenvalue weighted by atomic mass is 10.1. The van der Waals surface area contributed by atoms with Gasteiger partial charge in [-0.05, 0) is 37.8 Å². The third kappa shape index (κ3) is 15.3. The number of aliphatic carboxylic acids is 1. The van der Waals surface area contributed by atoms with Crippen LogP contribution in [-0.2, 0) is 9.68 Å². The monoisotopic (exact) mass is 312 g/mol. The van der Waals surface area contributed by atoms with Crippen LogP contribution in [-0.4, -0.2) is 22.4 Å². The highest BCUT2D eigenvalue weighted by Gasteiger charge is 2.05. The van der Waals surface area contributed by atoms with Gasteiger partial charge >= 0.3 is 5.97 Å². The second-order valence-corrected chi connectivity index (χ2v) is 5.73. The Kier molecular flexibility index (Phi) is 15.5. The number of hydrogen-bond acceptors (Lipinski definition) is 3. The first-order valence-electron chi connectivity index (χ1n) is 8.62. The van der Waals surface area contributed by atoms with Gasteiger partial charge in [0.2, 0.25) is 0 Å². The molecule has 0 fully saturated rings. The normalized spacial score (nSPS) is 11.7. The highest BCUT2D eigenvalue weighted by molar-refractivity contribution is 5.66. The molecule has 0 aromatic rings. The van der Waals surface area contributed by atoms with Gasteiger partial charge in [0.25, 0.3) is 0 Å². The second kappa shape index (κ2) is 16.3. The van der Waals surface area contributed by atoms with Gasteiger partial charge in [0, 0.05) is 12.8 Å². The molecule has 0 heterocycles. The average molecular weight is 312 g/mol. The predicted molar refractivity (Wildman–Crippen MR) is 88.9 cm³/mol. The van der Waals surface area contributed by atoms with E-state index < -0.39 is 5.97 Å². The van der Waals surface area contributed by atoms with E-state index in [1.807, 2.05) is 12.2 Å². The Morgan fingerprint density at radius 3 is 2.50 bits per heavy atom. The minimum absolute atomic E-state index is 0.110. The van der Waals surface area contributed by atoms with Crippen molar-refractivity contribution in [3.05, 3.63) is 17.9 Å². The first kappa shape index (κ1) is 20.9. The van der Waals surface area contributed by atoms with Crippen LogP contribution in [0.25, 0.3) is 0 Å². The number of carboxylic acid groups (broad SMARTS) is 1. The number of carboxylic acids is 1. The molecule has 22 heavy (non-hydrogen) atoms. The molecule has 0 aromatic heterocycles. The van der Waals surface area contributed by atoms with Crippen LogP contribution >= 0.6 is 0 Å². The summed E-state index contributed by atoms with van der Waals surface area (Å²) in [7, 11) is 0. The van der Waals surface area contributed by atoms with Crippen molar-refractivity contribution in [2.75, 3.05) is 0 Å². The summed E-state index contributed by atoms with van der Waals surface area (Å²) >= 11 is 0. The van der Waals surface area contributed by atoms with E-state index in [9.17, 15) is 4.79 Å². The van der Waals surface area contributed by atoms with Crippen molar-refractivity contribution >= 4 is 5.97 Å². The molecule has 0 spiro atoms. The Morgan fingerprint density at radius 1 is 1.09 bits per heavy atom. The molecule has 0 aliphatic heterocycles. The Morgan fingerprint density at radius 2 is 1.82 bits per heavy atom. The van der Waals surface area contributed by atoms with Crippen molar-refractivity contribution in [2.24, 2.45) is 0 Å². The van der Waals surface area contributed by atoms with Gasteiger partial charge in [-0.3, -0.25) is 10.1 Å². The highest BCUT2D eigenvalue weighted by atomic mass is 17.1. The molecular weight excluding hydrogens is 280 g/mol. The van der Waals surface area contributed by atoms with Gasteiger partial charge in [0.15, 0.2) is 0 Å². The average Bonchev–Trinajstić information content (AvgIpc) is 2.50. The van der Waals surface area contributed by atoms with Crippen LogP contribution < -0.4 is 0 Å². The number of hydrogen-bond donors (Lipinski definition) is 2. The lowest BCUT2D eigenvalue weighted by Crippen LogP contribution is -2.09. The molecule has 4 nitrogen and oxygen atoms in total. The third-order valence-corrected chi connectivity index (χ3v) is 3.63. The van der Waals surface area contributed by atoms with Crippen molar-refractivity contribution in [1.82, 2.24) is 0 Å². The largest absolute Gasteiger partial charge is 0.481 e. The van der Waals surface area contributed by atoms with Crippen molar-refractivity contribution in [1.29, 1.82) is 0 Å². The van der Waals surface area contributed by atoms with Crippen molar-refractivity contribution in [3.8, 4) is 0 Å². The van der Waals surface area contributed by atoms with E-state index in [1.165, 1.54) is 12.8 Å². The quantitative estimate of drug-likeness (QED) is 0.185. The summed E-state index contributed by atoms with van der Waals surface area (Å²) in [6.45, 7) is 2.16. The molecular formula is C18H32O4. The van der Waals surface area contributed by atoms with Gasteiger partial charge in [-0.15, -0.1) is 5.73 Å². The molecule has 128 valence electrons. The fourth-order valence-corrected chi connectivity index (χ4v) is 2.25. The van der Waals surface area contributed by atoms with Crippen LogP contribution in [0.5, 0.6) is 0 Å². The molecule has 0 saturated heterocycles. The number of carbonyl (C=O) groups is 1. The first-order chi connectivity index (χ1) is 10.7. The third-order valence-electron chi connectivity index (χ3n) is 3.63. The summed E-state index contributed by atoms with van der Waals surface area (Å²) in [6.07, 6.45) is 15.3. The Labute approximate surface area is 134 Å². The summed E-state index contributed by atoms with van der Waals surface area (Å²) in [5.41, 5.74) is 3.14. The van der Waals surface area contributed by atoms with Crippen LogP contribution in [0.3, 0.4) is 0 Å². The van der Waals surface area contributed by atoms with E-state index >= 15 is 0 Å². The lowest BCUT2D eigenvalue weighted by molar-refractivity contribution is -0.279. The van der Waals surface area contributed by atoms with Crippen LogP contribution in [0, 0.1) is 0 Å². The molecule has 0 bridgehead atoms. The summed E-state index contributed by atoms with van der Waals surface area (Å²) in [5.74, 6) is -0.701. The topological polar surface area (TPSA) is 66.8 Å². The minimum atomic E-state index is -0.701. The molecule has 0 saturated carbocycles. The molecule has 1 atom stereocenters. The van der Waals surface area contributed by atoms with E-state index in [4.69, 9.17) is 10.4 Å². The number of unbranched alkanes of at least 4 members (excludes halogenated alkanes) is 7. The highest BCUT2D eigenvalue weighted by Crippen LogP contribution is 2.10. The summed E-state index contributed by atoms with van der Waals surface area (Å²) in [4.78, 5) is 14.8.